The molecular formula is C17H25N7O5. The molecule has 0 saturated carbocycles. The zero-order chi connectivity index (χ0) is 21.4. The first-order valence-electron chi connectivity index (χ1n) is 8.95. The minimum atomic E-state index is -1.33. The number of likely N-dealkylation sites (N-methyl/N-ethyl adjacent to an activating group) is 1. The summed E-state index contributed by atoms with van der Waals surface area (Å²) in [6, 6.07) is -3.94. The van der Waals surface area contributed by atoms with Crippen LogP contribution in [0.25, 0.3) is 0 Å². The number of carboxylic acids is 2. The number of carbonyl (C=O) groups excluding carboxylic acids is 1. The molecule has 2 aromatic rings. The Hall–Kier alpha value is -3.25. The smallest absolute Gasteiger partial charge is 0.327 e. The van der Waals surface area contributed by atoms with Gasteiger partial charge in [-0.3, -0.25) is 14.9 Å². The maximum absolute atomic E-state index is 12.6. The van der Waals surface area contributed by atoms with Gasteiger partial charge >= 0.3 is 11.9 Å². The molecule has 4 atom stereocenters. The second-order valence-corrected chi connectivity index (χ2v) is 6.57. The van der Waals surface area contributed by atoms with E-state index in [1.807, 2.05) is 0 Å². The van der Waals surface area contributed by atoms with E-state index in [9.17, 15) is 24.6 Å². The molecule has 29 heavy (non-hydrogen) atoms. The number of nitrogens with one attached hydrogen (secondary N) is 5. The molecule has 2 heterocycles. The highest BCUT2D eigenvalue weighted by molar-refractivity contribution is 5.87. The highest BCUT2D eigenvalue weighted by Gasteiger charge is 2.32. The van der Waals surface area contributed by atoms with E-state index in [-0.39, 0.29) is 12.8 Å². The van der Waals surface area contributed by atoms with Gasteiger partial charge in [-0.05, 0) is 14.0 Å². The molecule has 0 aliphatic carbocycles. The molecule has 0 radical (unpaired) electrons. The summed E-state index contributed by atoms with van der Waals surface area (Å²) in [4.78, 5) is 49.2. The molecule has 0 aliphatic heterocycles. The average Bonchev–Trinajstić information content (AvgIpc) is 3.36. The van der Waals surface area contributed by atoms with Crippen LogP contribution in [0.3, 0.4) is 0 Å². The maximum atomic E-state index is 12.6. The van der Waals surface area contributed by atoms with Crippen LogP contribution in [0, 0.1) is 0 Å². The van der Waals surface area contributed by atoms with Crippen molar-refractivity contribution < 1.29 is 24.6 Å². The van der Waals surface area contributed by atoms with Crippen molar-refractivity contribution in [1.29, 1.82) is 0 Å². The second kappa shape index (κ2) is 10.3. The molecule has 0 unspecified atom stereocenters. The molecule has 1 amide bonds. The summed E-state index contributed by atoms with van der Waals surface area (Å²) in [5, 5.41) is 27.1. The van der Waals surface area contributed by atoms with Crippen LogP contribution in [0.5, 0.6) is 0 Å². The predicted octanol–water partition coefficient (Wildman–Crippen LogP) is -1.49. The predicted molar refractivity (Wildman–Crippen MR) is 101 cm³/mol. The molecule has 0 saturated heterocycles. The third-order valence-corrected chi connectivity index (χ3v) is 4.45. The highest BCUT2D eigenvalue weighted by atomic mass is 16.4. The van der Waals surface area contributed by atoms with E-state index in [1.165, 1.54) is 25.8 Å². The van der Waals surface area contributed by atoms with E-state index >= 15 is 0 Å². The Morgan fingerprint density at radius 2 is 1.55 bits per heavy atom. The van der Waals surface area contributed by atoms with Gasteiger partial charge in [0.05, 0.1) is 18.7 Å². The van der Waals surface area contributed by atoms with E-state index in [1.54, 1.807) is 13.2 Å². The molecule has 7 N–H and O–H groups in total. The molecule has 2 rings (SSSR count). The summed E-state index contributed by atoms with van der Waals surface area (Å²) in [6.45, 7) is 1.51. The molecule has 0 fully saturated rings. The lowest BCUT2D eigenvalue weighted by molar-refractivity contribution is -0.144. The Morgan fingerprint density at radius 3 is 1.97 bits per heavy atom. The van der Waals surface area contributed by atoms with Gasteiger partial charge in [-0.1, -0.05) is 0 Å². The summed E-state index contributed by atoms with van der Waals surface area (Å²) in [7, 11) is 1.59. The number of imidazole rings is 2. The first kappa shape index (κ1) is 22.0. The standard InChI is InChI=1S/C17H25N7O5/c1-9(23-13(16(26)27)4-11-6-20-8-22-11)14(17(28)29)24-15(25)12(18-2)3-10-5-19-7-21-10/h5-9,12-14,18,23H,3-4H2,1-2H3,(H,19,21)(H,20,22)(H,24,25)(H,26,27)(H,28,29)/t9-,12-,13-,14-/m0/s1. The Bertz CT molecular complexity index is 793. The number of nitrogens with zero attached hydrogens (tertiary/aromatic N) is 2. The zero-order valence-corrected chi connectivity index (χ0v) is 16.0. The van der Waals surface area contributed by atoms with Gasteiger partial charge in [-0.25, -0.2) is 14.8 Å². The second-order valence-electron chi connectivity index (χ2n) is 6.57. The van der Waals surface area contributed by atoms with Crippen LogP contribution in [-0.2, 0) is 27.2 Å². The van der Waals surface area contributed by atoms with Gasteiger partial charge in [0.25, 0.3) is 0 Å². The summed E-state index contributed by atoms with van der Waals surface area (Å²) in [5.41, 5.74) is 1.30. The van der Waals surface area contributed by atoms with Crippen molar-refractivity contribution in [3.05, 3.63) is 36.4 Å². The Morgan fingerprint density at radius 1 is 1.00 bits per heavy atom. The fourth-order valence-corrected chi connectivity index (χ4v) is 2.84. The van der Waals surface area contributed by atoms with Crippen molar-refractivity contribution in [2.45, 2.75) is 43.9 Å². The van der Waals surface area contributed by atoms with E-state index in [4.69, 9.17) is 0 Å². The van der Waals surface area contributed by atoms with Crippen LogP contribution in [-0.4, -0.2) is 79.2 Å². The van der Waals surface area contributed by atoms with E-state index < -0.39 is 42.0 Å². The van der Waals surface area contributed by atoms with Crippen LogP contribution in [0.4, 0.5) is 0 Å². The van der Waals surface area contributed by atoms with E-state index in [2.05, 4.69) is 35.9 Å². The lowest BCUT2D eigenvalue weighted by Crippen LogP contribution is -2.59. The lowest BCUT2D eigenvalue weighted by atomic mass is 10.0. The number of aliphatic carboxylic acids is 2. The fraction of sp³-hybridized carbons (Fsp3) is 0.471. The molecule has 2 aromatic heterocycles. The number of rotatable bonds is 12. The van der Waals surface area contributed by atoms with Gasteiger partial charge in [0.1, 0.15) is 12.1 Å². The fourth-order valence-electron chi connectivity index (χ4n) is 2.84. The van der Waals surface area contributed by atoms with Crippen molar-refractivity contribution in [3.63, 3.8) is 0 Å². The van der Waals surface area contributed by atoms with Gasteiger partial charge in [0.2, 0.25) is 5.91 Å². The zero-order valence-electron chi connectivity index (χ0n) is 16.0. The van der Waals surface area contributed by atoms with Gasteiger partial charge in [-0.2, -0.15) is 0 Å². The van der Waals surface area contributed by atoms with Gasteiger partial charge in [-0.15, -0.1) is 0 Å². The largest absolute Gasteiger partial charge is 0.480 e. The molecule has 158 valence electrons. The van der Waals surface area contributed by atoms with Crippen LogP contribution in [0.1, 0.15) is 18.3 Å². The number of carboxylic acid groups (broad SMARTS) is 2. The van der Waals surface area contributed by atoms with Crippen molar-refractivity contribution in [2.75, 3.05) is 7.05 Å². The third-order valence-electron chi connectivity index (χ3n) is 4.45. The maximum Gasteiger partial charge on any atom is 0.327 e. The number of aromatic amines is 2. The summed E-state index contributed by atoms with van der Waals surface area (Å²) < 4.78 is 0. The van der Waals surface area contributed by atoms with Crippen LogP contribution in [0.15, 0.2) is 25.0 Å². The summed E-state index contributed by atoms with van der Waals surface area (Å²) in [6.07, 6.45) is 6.34. The number of hydrogen-bond acceptors (Lipinski definition) is 7. The van der Waals surface area contributed by atoms with Gasteiger partial charge in [0, 0.05) is 42.7 Å². The molecule has 0 aliphatic rings. The molecule has 12 heteroatoms. The van der Waals surface area contributed by atoms with Gasteiger partial charge in [0.15, 0.2) is 0 Å². The average molecular weight is 407 g/mol. The number of aromatic nitrogens is 4. The summed E-state index contributed by atoms with van der Waals surface area (Å²) >= 11 is 0. The molecule has 12 nitrogen and oxygen atoms in total. The molecular weight excluding hydrogens is 382 g/mol. The SMILES string of the molecule is CN[C@@H](Cc1cnc[nH]1)C(=O)N[C@H](C(=O)O)[C@H](C)N[C@@H](Cc1cnc[nH]1)C(=O)O. The third kappa shape index (κ3) is 6.40. The number of H-pyrrole nitrogens is 2. The number of hydrogen-bond donors (Lipinski definition) is 7. The molecule has 0 bridgehead atoms. The number of amides is 1. The van der Waals surface area contributed by atoms with Crippen molar-refractivity contribution >= 4 is 17.8 Å². The lowest BCUT2D eigenvalue weighted by Gasteiger charge is -2.27. The monoisotopic (exact) mass is 407 g/mol. The Balaban J connectivity index is 2.03. The first-order valence-corrected chi connectivity index (χ1v) is 8.95. The highest BCUT2D eigenvalue weighted by Crippen LogP contribution is 2.05. The number of carbonyl (C=O) groups is 3. The normalized spacial score (nSPS) is 15.2. The van der Waals surface area contributed by atoms with Gasteiger partial charge < -0.3 is 30.8 Å². The van der Waals surface area contributed by atoms with Crippen molar-refractivity contribution in [1.82, 2.24) is 35.9 Å². The minimum Gasteiger partial charge on any atom is -0.480 e. The molecule has 0 aromatic carbocycles. The van der Waals surface area contributed by atoms with Crippen molar-refractivity contribution in [3.8, 4) is 0 Å². The van der Waals surface area contributed by atoms with E-state index in [0.29, 0.717) is 11.4 Å². The van der Waals surface area contributed by atoms with Crippen molar-refractivity contribution in [2.24, 2.45) is 0 Å². The summed E-state index contributed by atoms with van der Waals surface area (Å²) in [5.74, 6) is -2.95. The van der Waals surface area contributed by atoms with Crippen LogP contribution >= 0.6 is 0 Å². The first-order chi connectivity index (χ1) is 13.8. The molecule has 0 spiro atoms. The minimum absolute atomic E-state index is 0.0823. The van der Waals surface area contributed by atoms with E-state index in [0.717, 1.165) is 0 Å². The quantitative estimate of drug-likeness (QED) is 0.220. The van der Waals surface area contributed by atoms with Crippen LogP contribution < -0.4 is 16.0 Å². The topological polar surface area (TPSA) is 185 Å². The van der Waals surface area contributed by atoms with Crippen LogP contribution in [0.2, 0.25) is 0 Å². The Kier molecular flexibility index (Phi) is 7.86. The Labute approximate surface area is 166 Å².